The lowest BCUT2D eigenvalue weighted by Gasteiger charge is -2.28. The molecule has 0 N–H and O–H groups in total. The maximum atomic E-state index is 13.3. The van der Waals surface area contributed by atoms with Crippen LogP contribution in [0.25, 0.3) is 0 Å². The maximum absolute atomic E-state index is 13.3. The van der Waals surface area contributed by atoms with Crippen LogP contribution in [0.4, 0.5) is 0 Å². The highest BCUT2D eigenvalue weighted by molar-refractivity contribution is 5.80. The first-order valence-electron chi connectivity index (χ1n) is 28.3. The van der Waals surface area contributed by atoms with E-state index in [1.54, 1.807) is 30.3 Å². The first-order chi connectivity index (χ1) is 34.6. The van der Waals surface area contributed by atoms with Crippen LogP contribution in [0.2, 0.25) is 0 Å². The number of rotatable bonds is 43. The number of Topliss-reactive ketones (excluding diaryl/α,β-unsaturated/α-hetero) is 1. The molecule has 0 amide bonds. The fourth-order valence-corrected chi connectivity index (χ4v) is 9.29. The van der Waals surface area contributed by atoms with Crippen LogP contribution in [-0.4, -0.2) is 54.9 Å². The molecule has 0 aromatic heterocycles. The molecule has 0 bridgehead atoms. The number of ether oxygens (including phenoxy) is 5. The van der Waals surface area contributed by atoms with E-state index in [-0.39, 0.29) is 56.9 Å². The quantitative estimate of drug-likeness (QED) is 0.0270. The molecule has 72 heavy (non-hydrogen) atoms. The molecule has 406 valence electrons. The summed E-state index contributed by atoms with van der Waals surface area (Å²) in [6, 6.07) is 10.5. The third-order valence-corrected chi connectivity index (χ3v) is 13.2. The van der Waals surface area contributed by atoms with Crippen molar-refractivity contribution in [3.63, 3.8) is 0 Å². The van der Waals surface area contributed by atoms with E-state index in [9.17, 15) is 28.8 Å². The maximum Gasteiger partial charge on any atom is 0.312 e. The van der Waals surface area contributed by atoms with Gasteiger partial charge in [-0.3, -0.25) is 28.8 Å². The number of hydrogen-bond donors (Lipinski definition) is 0. The SMILES string of the molecule is CCCCCCCCCCCCCCCC(=O)OCC(COC(=O)CCCCCCCCCCCCCCC)OC(=O)CCC(=O)Oc1cc(C)cc(C)c1C(C)(C)CC(=O)Oc1ccc(CC(C)=O)cc1. The highest BCUT2D eigenvalue weighted by Crippen LogP contribution is 2.38. The summed E-state index contributed by atoms with van der Waals surface area (Å²) in [7, 11) is 0. The van der Waals surface area contributed by atoms with E-state index in [1.807, 2.05) is 33.8 Å². The van der Waals surface area contributed by atoms with Crippen LogP contribution in [0.15, 0.2) is 36.4 Å². The summed E-state index contributed by atoms with van der Waals surface area (Å²) in [5.74, 6) is -2.01. The number of esters is 5. The lowest BCUT2D eigenvalue weighted by Crippen LogP contribution is -2.31. The monoisotopic (exact) mass is 1000 g/mol. The van der Waals surface area contributed by atoms with Gasteiger partial charge in [-0.25, -0.2) is 0 Å². The van der Waals surface area contributed by atoms with Crippen LogP contribution in [-0.2, 0) is 54.8 Å². The number of carbonyl (C=O) groups excluding carboxylic acids is 6. The molecule has 2 rings (SSSR count). The van der Waals surface area contributed by atoms with Gasteiger partial charge in [0.25, 0.3) is 0 Å². The smallest absolute Gasteiger partial charge is 0.312 e. The van der Waals surface area contributed by atoms with Gasteiger partial charge < -0.3 is 23.7 Å². The molecule has 11 nitrogen and oxygen atoms in total. The minimum Gasteiger partial charge on any atom is -0.462 e. The summed E-state index contributed by atoms with van der Waals surface area (Å²) in [4.78, 5) is 76.8. The average Bonchev–Trinajstić information content (AvgIpc) is 3.32. The Hall–Kier alpha value is -4.54. The van der Waals surface area contributed by atoms with Crippen LogP contribution < -0.4 is 9.47 Å². The van der Waals surface area contributed by atoms with Gasteiger partial charge in [-0.15, -0.1) is 0 Å². The average molecular weight is 1010 g/mol. The van der Waals surface area contributed by atoms with Crippen LogP contribution in [0.5, 0.6) is 11.5 Å². The predicted octanol–water partition coefficient (Wildman–Crippen LogP) is 15.4. The molecule has 0 spiro atoms. The van der Waals surface area contributed by atoms with Crippen molar-refractivity contribution in [1.29, 1.82) is 0 Å². The second kappa shape index (κ2) is 39.0. The fourth-order valence-electron chi connectivity index (χ4n) is 9.29. The van der Waals surface area contributed by atoms with Crippen molar-refractivity contribution in [3.05, 3.63) is 58.7 Å². The molecule has 0 aliphatic rings. The molecule has 0 saturated heterocycles. The molecule has 0 unspecified atom stereocenters. The van der Waals surface area contributed by atoms with Crippen molar-refractivity contribution in [2.75, 3.05) is 13.2 Å². The van der Waals surface area contributed by atoms with Crippen LogP contribution in [0.1, 0.15) is 256 Å². The molecular weight excluding hydrogens is 909 g/mol. The zero-order valence-electron chi connectivity index (χ0n) is 46.1. The van der Waals surface area contributed by atoms with E-state index < -0.39 is 41.4 Å². The molecule has 2 aromatic carbocycles. The molecule has 0 heterocycles. The Labute approximate surface area is 435 Å². The first kappa shape index (κ1) is 63.6. The highest BCUT2D eigenvalue weighted by atomic mass is 16.6. The number of benzene rings is 2. The van der Waals surface area contributed by atoms with Crippen LogP contribution >= 0.6 is 0 Å². The largest absolute Gasteiger partial charge is 0.462 e. The van der Waals surface area contributed by atoms with E-state index in [0.29, 0.717) is 30.6 Å². The molecule has 2 aromatic rings. The number of carbonyl (C=O) groups is 6. The van der Waals surface area contributed by atoms with Crippen LogP contribution in [0.3, 0.4) is 0 Å². The lowest BCUT2D eigenvalue weighted by atomic mass is 9.78. The van der Waals surface area contributed by atoms with Gasteiger partial charge >= 0.3 is 29.8 Å². The third kappa shape index (κ3) is 31.1. The van der Waals surface area contributed by atoms with Crippen molar-refractivity contribution < 1.29 is 52.5 Å². The Balaban J connectivity index is 1.91. The molecule has 0 radical (unpaired) electrons. The molecule has 0 fully saturated rings. The number of hydrogen-bond acceptors (Lipinski definition) is 11. The minimum atomic E-state index is -1.04. The molecule has 0 atom stereocenters. The summed E-state index contributed by atoms with van der Waals surface area (Å²) >= 11 is 0. The number of ketones is 1. The Morgan fingerprint density at radius 2 is 0.903 bits per heavy atom. The van der Waals surface area contributed by atoms with Crippen molar-refractivity contribution in [3.8, 4) is 11.5 Å². The lowest BCUT2D eigenvalue weighted by molar-refractivity contribution is -0.167. The van der Waals surface area contributed by atoms with Gasteiger partial charge in [0.1, 0.15) is 30.5 Å². The predicted molar refractivity (Wildman–Crippen MR) is 287 cm³/mol. The van der Waals surface area contributed by atoms with E-state index in [1.165, 1.54) is 122 Å². The molecule has 0 aliphatic heterocycles. The second-order valence-electron chi connectivity index (χ2n) is 20.9. The highest BCUT2D eigenvalue weighted by Gasteiger charge is 2.32. The second-order valence-corrected chi connectivity index (χ2v) is 20.9. The van der Waals surface area contributed by atoms with Gasteiger partial charge in [0.2, 0.25) is 0 Å². The molecule has 11 heteroatoms. The zero-order chi connectivity index (χ0) is 52.8. The third-order valence-electron chi connectivity index (χ3n) is 13.2. The van der Waals surface area contributed by atoms with Crippen LogP contribution in [0, 0.1) is 13.8 Å². The summed E-state index contributed by atoms with van der Waals surface area (Å²) in [5, 5.41) is 0. The summed E-state index contributed by atoms with van der Waals surface area (Å²) < 4.78 is 28.3. The summed E-state index contributed by atoms with van der Waals surface area (Å²) in [5.41, 5.74) is 2.32. The summed E-state index contributed by atoms with van der Waals surface area (Å²) in [6.45, 7) is 13.0. The fraction of sp³-hybridized carbons (Fsp3) is 0.705. The minimum absolute atomic E-state index is 0.0295. The number of unbranched alkanes of at least 4 members (excludes halogenated alkanes) is 24. The Morgan fingerprint density at radius 1 is 0.486 bits per heavy atom. The van der Waals surface area contributed by atoms with Crippen molar-refractivity contribution in [1.82, 2.24) is 0 Å². The normalized spacial score (nSPS) is 11.4. The van der Waals surface area contributed by atoms with E-state index in [2.05, 4.69) is 13.8 Å². The summed E-state index contributed by atoms with van der Waals surface area (Å²) in [6.07, 6.45) is 30.3. The van der Waals surface area contributed by atoms with Gasteiger partial charge in [0.05, 0.1) is 19.3 Å². The van der Waals surface area contributed by atoms with Gasteiger partial charge in [-0.1, -0.05) is 200 Å². The number of aryl methyl sites for hydroxylation is 2. The van der Waals surface area contributed by atoms with Crippen molar-refractivity contribution >= 4 is 35.6 Å². The van der Waals surface area contributed by atoms with E-state index in [4.69, 9.17) is 23.7 Å². The van der Waals surface area contributed by atoms with Gasteiger partial charge in [-0.05, 0) is 68.5 Å². The van der Waals surface area contributed by atoms with E-state index in [0.717, 1.165) is 55.2 Å². The van der Waals surface area contributed by atoms with Crippen molar-refractivity contribution in [2.24, 2.45) is 0 Å². The zero-order valence-corrected chi connectivity index (χ0v) is 46.1. The molecular formula is C61H96O11. The Kier molecular flexibility index (Phi) is 34.4. The Bertz CT molecular complexity index is 1800. The molecule has 0 saturated carbocycles. The van der Waals surface area contributed by atoms with Gasteiger partial charge in [0, 0.05) is 30.2 Å². The standard InChI is InChI=1S/C61H96O11/c1-8-10-12-14-16-18-20-22-24-26-28-30-32-34-55(63)68-46-53(47-69-56(64)35-33-31-29-27-25-23-21-19-17-15-13-11-9-2)71-57(65)40-41-58(66)72-54-43-48(3)42-49(4)60(54)61(6,7)45-59(67)70-52-38-36-51(37-39-52)44-50(5)62/h36-39,42-43,53H,8-35,40-41,44-47H2,1-7H3. The topological polar surface area (TPSA) is 149 Å². The Morgan fingerprint density at radius 3 is 1.33 bits per heavy atom. The van der Waals surface area contributed by atoms with E-state index >= 15 is 0 Å². The molecule has 0 aliphatic carbocycles. The first-order valence-corrected chi connectivity index (χ1v) is 28.3. The van der Waals surface area contributed by atoms with Crippen molar-refractivity contribution in [2.45, 2.75) is 265 Å². The van der Waals surface area contributed by atoms with Gasteiger partial charge in [0.15, 0.2) is 6.10 Å². The van der Waals surface area contributed by atoms with Gasteiger partial charge in [-0.2, -0.15) is 0 Å².